The highest BCUT2D eigenvalue weighted by Gasteiger charge is 2.53. The number of Topliss-reactive ketones (excluding diaryl/α,β-unsaturated/α-hetero) is 1. The SMILES string of the molecule is CCCCC/C=C1/C(=O)C(Cl)=C(Cl)C12OCCO2. The van der Waals surface area contributed by atoms with E-state index < -0.39 is 5.79 Å². The molecule has 0 amide bonds. The first-order valence-corrected chi connectivity index (χ1v) is 6.98. The molecule has 0 N–H and O–H groups in total. The van der Waals surface area contributed by atoms with Crippen molar-refractivity contribution in [1.29, 1.82) is 0 Å². The maximum Gasteiger partial charge on any atom is 0.238 e. The molecule has 0 aromatic rings. The lowest BCUT2D eigenvalue weighted by atomic mass is 10.1. The number of hydrogen-bond acceptors (Lipinski definition) is 3. The van der Waals surface area contributed by atoms with Crippen molar-refractivity contribution >= 4 is 29.0 Å². The molecule has 1 fully saturated rings. The van der Waals surface area contributed by atoms with Crippen LogP contribution in [0.25, 0.3) is 0 Å². The molecule has 0 bridgehead atoms. The summed E-state index contributed by atoms with van der Waals surface area (Å²) in [7, 11) is 0. The summed E-state index contributed by atoms with van der Waals surface area (Å²) in [6.45, 7) is 2.97. The molecule has 2 aliphatic rings. The lowest BCUT2D eigenvalue weighted by Gasteiger charge is -2.23. The molecule has 2 rings (SSSR count). The van der Waals surface area contributed by atoms with E-state index >= 15 is 0 Å². The smallest absolute Gasteiger partial charge is 0.238 e. The summed E-state index contributed by atoms with van der Waals surface area (Å²) >= 11 is 12.0. The maximum absolute atomic E-state index is 12.0. The number of allylic oxidation sites excluding steroid dienone is 2. The van der Waals surface area contributed by atoms with Gasteiger partial charge in [-0.2, -0.15) is 0 Å². The van der Waals surface area contributed by atoms with Crippen LogP contribution in [0.2, 0.25) is 0 Å². The number of hydrogen-bond donors (Lipinski definition) is 0. The van der Waals surface area contributed by atoms with E-state index in [0.29, 0.717) is 18.8 Å². The Morgan fingerprint density at radius 2 is 1.94 bits per heavy atom. The lowest BCUT2D eigenvalue weighted by Crippen LogP contribution is -2.31. The summed E-state index contributed by atoms with van der Waals surface area (Å²) in [6.07, 6.45) is 5.94. The summed E-state index contributed by atoms with van der Waals surface area (Å²) in [6, 6.07) is 0. The summed E-state index contributed by atoms with van der Waals surface area (Å²) in [5.41, 5.74) is 0.436. The van der Waals surface area contributed by atoms with Crippen LogP contribution in [-0.2, 0) is 14.3 Å². The van der Waals surface area contributed by atoms with Gasteiger partial charge in [0.15, 0.2) is 0 Å². The zero-order valence-corrected chi connectivity index (χ0v) is 11.8. The normalized spacial score (nSPS) is 24.8. The van der Waals surface area contributed by atoms with Crippen molar-refractivity contribution in [1.82, 2.24) is 0 Å². The van der Waals surface area contributed by atoms with Gasteiger partial charge in [0, 0.05) is 0 Å². The topological polar surface area (TPSA) is 35.5 Å². The number of ketones is 1. The molecule has 1 aliphatic carbocycles. The Bertz CT molecular complexity index is 406. The summed E-state index contributed by atoms with van der Waals surface area (Å²) in [4.78, 5) is 12.0. The Hall–Kier alpha value is -0.350. The molecule has 1 saturated heterocycles. The van der Waals surface area contributed by atoms with Gasteiger partial charge in [-0.15, -0.1) is 0 Å². The average Bonchev–Trinajstić information content (AvgIpc) is 2.91. The van der Waals surface area contributed by atoms with Gasteiger partial charge in [0.05, 0.1) is 18.8 Å². The molecule has 1 heterocycles. The minimum Gasteiger partial charge on any atom is -0.339 e. The van der Waals surface area contributed by atoms with Gasteiger partial charge in [-0.05, 0) is 12.8 Å². The van der Waals surface area contributed by atoms with Gasteiger partial charge in [0.25, 0.3) is 0 Å². The Morgan fingerprint density at radius 3 is 2.56 bits per heavy atom. The third-order valence-electron chi connectivity index (χ3n) is 3.13. The zero-order valence-electron chi connectivity index (χ0n) is 10.3. The van der Waals surface area contributed by atoms with Gasteiger partial charge in [0.2, 0.25) is 11.6 Å². The van der Waals surface area contributed by atoms with E-state index in [2.05, 4.69) is 6.92 Å². The van der Waals surface area contributed by atoms with Gasteiger partial charge >= 0.3 is 0 Å². The quantitative estimate of drug-likeness (QED) is 0.587. The van der Waals surface area contributed by atoms with Gasteiger partial charge in [0.1, 0.15) is 10.1 Å². The second-order valence-corrected chi connectivity index (χ2v) is 5.14. The fraction of sp³-hybridized carbons (Fsp3) is 0.615. The fourth-order valence-corrected chi connectivity index (χ4v) is 2.72. The first-order chi connectivity index (χ1) is 8.63. The standard InChI is InChI=1S/C13H16Cl2O3/c1-2-3-4-5-6-9-11(16)10(14)12(15)13(9)17-7-8-18-13/h6H,2-5,7-8H2,1H3/b9-6-. The second kappa shape index (κ2) is 5.74. The molecule has 0 radical (unpaired) electrons. The van der Waals surface area contributed by atoms with Gasteiger partial charge in [-0.3, -0.25) is 4.79 Å². The van der Waals surface area contributed by atoms with Crippen molar-refractivity contribution in [3.63, 3.8) is 0 Å². The van der Waals surface area contributed by atoms with E-state index in [-0.39, 0.29) is 15.8 Å². The first-order valence-electron chi connectivity index (χ1n) is 6.22. The summed E-state index contributed by atoms with van der Waals surface area (Å²) in [5, 5.41) is 0.175. The molecule has 100 valence electrons. The van der Waals surface area contributed by atoms with E-state index in [9.17, 15) is 4.79 Å². The van der Waals surface area contributed by atoms with Crippen LogP contribution in [0.5, 0.6) is 0 Å². The summed E-state index contributed by atoms with van der Waals surface area (Å²) < 4.78 is 11.1. The molecule has 5 heteroatoms. The van der Waals surface area contributed by atoms with Crippen molar-refractivity contribution < 1.29 is 14.3 Å². The molecule has 18 heavy (non-hydrogen) atoms. The largest absolute Gasteiger partial charge is 0.339 e. The predicted molar refractivity (Wildman–Crippen MR) is 70.6 cm³/mol. The fourth-order valence-electron chi connectivity index (χ4n) is 2.19. The van der Waals surface area contributed by atoms with Crippen LogP contribution < -0.4 is 0 Å². The molecule has 0 saturated carbocycles. The van der Waals surface area contributed by atoms with Crippen LogP contribution in [0.1, 0.15) is 32.6 Å². The third kappa shape index (κ3) is 2.25. The van der Waals surface area contributed by atoms with Crippen molar-refractivity contribution in [2.75, 3.05) is 13.2 Å². The van der Waals surface area contributed by atoms with Gasteiger partial charge in [-0.25, -0.2) is 0 Å². The molecule has 1 aliphatic heterocycles. The minimum absolute atomic E-state index is 0.0142. The van der Waals surface area contributed by atoms with Crippen LogP contribution in [0.15, 0.2) is 21.7 Å². The van der Waals surface area contributed by atoms with Gasteiger partial charge in [-0.1, -0.05) is 49.0 Å². The van der Waals surface area contributed by atoms with Crippen molar-refractivity contribution in [2.45, 2.75) is 38.4 Å². The minimum atomic E-state index is -1.22. The first kappa shape index (κ1) is 14.1. The highest BCUT2D eigenvalue weighted by atomic mass is 35.5. The molecule has 0 aromatic heterocycles. The van der Waals surface area contributed by atoms with Crippen molar-refractivity contribution in [2.24, 2.45) is 0 Å². The number of carbonyl (C=O) groups is 1. The molecule has 1 spiro atoms. The summed E-state index contributed by atoms with van der Waals surface area (Å²) in [5.74, 6) is -1.50. The van der Waals surface area contributed by atoms with Gasteiger partial charge < -0.3 is 9.47 Å². The van der Waals surface area contributed by atoms with Crippen LogP contribution in [0, 0.1) is 0 Å². The highest BCUT2D eigenvalue weighted by molar-refractivity contribution is 6.53. The van der Waals surface area contributed by atoms with Crippen LogP contribution >= 0.6 is 23.2 Å². The molecule has 0 unspecified atom stereocenters. The van der Waals surface area contributed by atoms with E-state index in [1.165, 1.54) is 0 Å². The average molecular weight is 291 g/mol. The maximum atomic E-state index is 12.0. The van der Waals surface area contributed by atoms with E-state index in [0.717, 1.165) is 25.7 Å². The Kier molecular flexibility index (Phi) is 4.49. The Labute approximate surface area is 117 Å². The molecule has 0 aromatic carbocycles. The zero-order chi connectivity index (χ0) is 13.2. The monoisotopic (exact) mass is 290 g/mol. The van der Waals surface area contributed by atoms with Crippen molar-refractivity contribution in [3.05, 3.63) is 21.7 Å². The van der Waals surface area contributed by atoms with E-state index in [4.69, 9.17) is 32.7 Å². The van der Waals surface area contributed by atoms with Crippen LogP contribution in [0.4, 0.5) is 0 Å². The molecule has 3 nitrogen and oxygen atoms in total. The van der Waals surface area contributed by atoms with Crippen molar-refractivity contribution in [3.8, 4) is 0 Å². The predicted octanol–water partition coefficient (Wildman–Crippen LogP) is 3.51. The Balaban J connectivity index is 2.21. The number of halogens is 2. The third-order valence-corrected chi connectivity index (χ3v) is 4.03. The lowest BCUT2D eigenvalue weighted by molar-refractivity contribution is -0.119. The van der Waals surface area contributed by atoms with Crippen LogP contribution in [0.3, 0.4) is 0 Å². The second-order valence-electron chi connectivity index (χ2n) is 4.38. The Morgan fingerprint density at radius 1 is 1.28 bits per heavy atom. The molecule has 0 atom stereocenters. The van der Waals surface area contributed by atoms with E-state index in [1.807, 2.05) is 6.08 Å². The number of carbonyl (C=O) groups excluding carboxylic acids is 1. The number of unbranched alkanes of at least 4 members (excludes halogenated alkanes) is 3. The number of rotatable bonds is 4. The van der Waals surface area contributed by atoms with Crippen LogP contribution in [-0.4, -0.2) is 24.8 Å². The van der Waals surface area contributed by atoms with E-state index in [1.54, 1.807) is 0 Å². The number of ether oxygens (including phenoxy) is 2. The molecular formula is C13H16Cl2O3. The highest BCUT2D eigenvalue weighted by Crippen LogP contribution is 2.47. The molecular weight excluding hydrogens is 275 g/mol.